The number of nitrogens with one attached hydrogen (secondary N) is 3. The fourth-order valence-electron chi connectivity index (χ4n) is 2.73. The summed E-state index contributed by atoms with van der Waals surface area (Å²) in [6, 6.07) is 1.84. The number of benzene rings is 1. The van der Waals surface area contributed by atoms with E-state index in [1.807, 2.05) is 5.32 Å². The highest BCUT2D eigenvalue weighted by Gasteiger charge is 2.28. The van der Waals surface area contributed by atoms with Crippen LogP contribution in [0.25, 0.3) is 0 Å². The van der Waals surface area contributed by atoms with Crippen molar-refractivity contribution in [3.8, 4) is 5.75 Å². The van der Waals surface area contributed by atoms with Crippen LogP contribution in [0.5, 0.6) is 5.75 Å². The van der Waals surface area contributed by atoms with Crippen LogP contribution in [0.4, 0.5) is 0 Å². The molecule has 3 unspecified atom stereocenters. The molecule has 4 amide bonds. The molecule has 14 nitrogen and oxygen atoms in total. The smallest absolute Gasteiger partial charge is 0.326 e. The number of phenols is 1. The van der Waals surface area contributed by atoms with Crippen molar-refractivity contribution in [2.75, 3.05) is 6.54 Å². The van der Waals surface area contributed by atoms with Gasteiger partial charge in [0.2, 0.25) is 23.6 Å². The molecule has 1 rings (SSSR count). The van der Waals surface area contributed by atoms with Crippen LogP contribution in [0, 0.1) is 0 Å². The Kier molecular flexibility index (Phi) is 10.9. The molecule has 3 atom stereocenters. The van der Waals surface area contributed by atoms with E-state index in [0.29, 0.717) is 5.56 Å². The van der Waals surface area contributed by atoms with Crippen molar-refractivity contribution >= 4 is 35.6 Å². The summed E-state index contributed by atoms with van der Waals surface area (Å²) in [5.74, 6) is -6.36. The van der Waals surface area contributed by atoms with Crippen molar-refractivity contribution in [2.24, 2.45) is 11.5 Å². The number of primary amides is 1. The molecule has 0 aliphatic heterocycles. The molecule has 0 saturated carbocycles. The van der Waals surface area contributed by atoms with Crippen LogP contribution >= 0.6 is 0 Å². The molecular weight excluding hydrogens is 454 g/mol. The molecule has 0 bridgehead atoms. The molecule has 0 saturated heterocycles. The average Bonchev–Trinajstić information content (AvgIpc) is 2.75. The Morgan fingerprint density at radius 2 is 1.53 bits per heavy atom. The molecule has 0 fully saturated rings. The van der Waals surface area contributed by atoms with Crippen molar-refractivity contribution in [3.05, 3.63) is 29.8 Å². The summed E-state index contributed by atoms with van der Waals surface area (Å²) >= 11 is 0. The first-order chi connectivity index (χ1) is 15.9. The maximum absolute atomic E-state index is 12.4. The third-order valence-corrected chi connectivity index (χ3v) is 4.47. The third-order valence-electron chi connectivity index (χ3n) is 4.47. The summed E-state index contributed by atoms with van der Waals surface area (Å²) < 4.78 is 0. The summed E-state index contributed by atoms with van der Waals surface area (Å²) in [4.78, 5) is 69.8. The lowest BCUT2D eigenvalue weighted by Crippen LogP contribution is -2.54. The molecule has 0 heterocycles. The van der Waals surface area contributed by atoms with Gasteiger partial charge in [-0.15, -0.1) is 0 Å². The first kappa shape index (κ1) is 27.8. The Balaban J connectivity index is 2.69. The maximum Gasteiger partial charge on any atom is 0.326 e. The predicted octanol–water partition coefficient (Wildman–Crippen LogP) is -2.83. The molecule has 0 spiro atoms. The lowest BCUT2D eigenvalue weighted by atomic mass is 10.1. The second-order valence-corrected chi connectivity index (χ2v) is 7.32. The molecule has 0 radical (unpaired) electrons. The molecular formula is C20H27N5O9. The zero-order chi connectivity index (χ0) is 25.8. The van der Waals surface area contributed by atoms with Crippen LogP contribution < -0.4 is 27.4 Å². The number of amides is 4. The minimum Gasteiger partial charge on any atom is -0.508 e. The van der Waals surface area contributed by atoms with E-state index in [2.05, 4.69) is 10.6 Å². The highest BCUT2D eigenvalue weighted by atomic mass is 16.4. The number of hydrogen-bond acceptors (Lipinski definition) is 8. The number of carboxylic acids is 2. The van der Waals surface area contributed by atoms with Gasteiger partial charge in [-0.1, -0.05) is 12.1 Å². The SMILES string of the molecule is NC(=O)CC(NC(=O)C(CCC(=O)O)NC(=O)CNC(=O)C(N)Cc1ccc(O)cc1)C(=O)O. The predicted molar refractivity (Wildman–Crippen MR) is 115 cm³/mol. The first-order valence-corrected chi connectivity index (χ1v) is 10.0. The summed E-state index contributed by atoms with van der Waals surface area (Å²) in [6.45, 7) is -0.595. The molecule has 14 heteroatoms. The highest BCUT2D eigenvalue weighted by Crippen LogP contribution is 2.10. The van der Waals surface area contributed by atoms with E-state index in [9.17, 15) is 33.9 Å². The zero-order valence-electron chi connectivity index (χ0n) is 18.0. The standard InChI is InChI=1S/C20H27N5O9/c21-12(7-10-1-3-11(26)4-2-10)18(31)23-9-16(28)24-13(5-6-17(29)30)19(32)25-14(20(33)34)8-15(22)27/h1-4,12-14,26H,5-9,21H2,(H2,22,27)(H,23,31)(H,24,28)(H,25,32)(H,29,30)(H,33,34). The van der Waals surface area contributed by atoms with E-state index < -0.39 is 73.1 Å². The number of hydrogen-bond donors (Lipinski definition) is 8. The van der Waals surface area contributed by atoms with E-state index in [1.54, 1.807) is 12.1 Å². The van der Waals surface area contributed by atoms with Gasteiger partial charge in [0.15, 0.2) is 0 Å². The summed E-state index contributed by atoms with van der Waals surface area (Å²) in [6.07, 6.45) is -1.51. The van der Waals surface area contributed by atoms with Gasteiger partial charge in [-0.25, -0.2) is 4.79 Å². The van der Waals surface area contributed by atoms with Gasteiger partial charge >= 0.3 is 11.9 Å². The van der Waals surface area contributed by atoms with Gasteiger partial charge in [0.25, 0.3) is 0 Å². The first-order valence-electron chi connectivity index (χ1n) is 10.0. The number of carboxylic acid groups (broad SMARTS) is 2. The molecule has 186 valence electrons. The van der Waals surface area contributed by atoms with E-state index in [-0.39, 0.29) is 18.6 Å². The largest absolute Gasteiger partial charge is 0.508 e. The third kappa shape index (κ3) is 10.4. The summed E-state index contributed by atoms with van der Waals surface area (Å²) in [7, 11) is 0. The van der Waals surface area contributed by atoms with Gasteiger partial charge in [-0.2, -0.15) is 0 Å². The van der Waals surface area contributed by atoms with Crippen molar-refractivity contribution in [3.63, 3.8) is 0 Å². The van der Waals surface area contributed by atoms with Crippen LogP contribution in [-0.2, 0) is 35.2 Å². The van der Waals surface area contributed by atoms with Gasteiger partial charge in [0, 0.05) is 6.42 Å². The van der Waals surface area contributed by atoms with Gasteiger partial charge < -0.3 is 42.7 Å². The molecule has 0 aromatic heterocycles. The quantitative estimate of drug-likeness (QED) is 0.135. The molecule has 10 N–H and O–H groups in total. The van der Waals surface area contributed by atoms with Crippen molar-refractivity contribution in [1.82, 2.24) is 16.0 Å². The van der Waals surface area contributed by atoms with Gasteiger partial charge in [-0.3, -0.25) is 24.0 Å². The summed E-state index contributed by atoms with van der Waals surface area (Å²) in [5, 5.41) is 33.7. The summed E-state index contributed by atoms with van der Waals surface area (Å²) in [5.41, 5.74) is 11.4. The number of phenolic OH excluding ortho intramolecular Hbond substituents is 1. The average molecular weight is 481 g/mol. The molecule has 0 aliphatic rings. The van der Waals surface area contributed by atoms with Crippen LogP contribution in [0.2, 0.25) is 0 Å². The number of aromatic hydroxyl groups is 1. The van der Waals surface area contributed by atoms with Crippen LogP contribution in [0.15, 0.2) is 24.3 Å². The zero-order valence-corrected chi connectivity index (χ0v) is 18.0. The number of nitrogens with two attached hydrogens (primary N) is 2. The Morgan fingerprint density at radius 1 is 0.912 bits per heavy atom. The van der Waals surface area contributed by atoms with Gasteiger partial charge in [0.1, 0.15) is 17.8 Å². The lowest BCUT2D eigenvalue weighted by Gasteiger charge is -2.21. The maximum atomic E-state index is 12.4. The molecule has 0 aliphatic carbocycles. The van der Waals surface area contributed by atoms with Crippen LogP contribution in [0.1, 0.15) is 24.8 Å². The van der Waals surface area contributed by atoms with E-state index in [0.717, 1.165) is 0 Å². The monoisotopic (exact) mass is 481 g/mol. The highest BCUT2D eigenvalue weighted by molar-refractivity contribution is 5.93. The molecule has 1 aromatic rings. The van der Waals surface area contributed by atoms with E-state index in [4.69, 9.17) is 21.7 Å². The normalized spacial score (nSPS) is 13.1. The van der Waals surface area contributed by atoms with Crippen LogP contribution in [0.3, 0.4) is 0 Å². The second-order valence-electron chi connectivity index (χ2n) is 7.32. The Labute approximate surface area is 193 Å². The van der Waals surface area contributed by atoms with Gasteiger partial charge in [0.05, 0.1) is 19.0 Å². The van der Waals surface area contributed by atoms with Crippen molar-refractivity contribution in [1.29, 1.82) is 0 Å². The van der Waals surface area contributed by atoms with Crippen molar-refractivity contribution < 1.29 is 44.1 Å². The number of carbonyl (C=O) groups excluding carboxylic acids is 4. The topological polar surface area (TPSA) is 251 Å². The van der Waals surface area contributed by atoms with Crippen LogP contribution in [-0.4, -0.2) is 75.6 Å². The van der Waals surface area contributed by atoms with Crippen molar-refractivity contribution in [2.45, 2.75) is 43.8 Å². The Hall–Kier alpha value is -4.20. The van der Waals surface area contributed by atoms with Gasteiger partial charge in [-0.05, 0) is 30.5 Å². The van der Waals surface area contributed by atoms with E-state index >= 15 is 0 Å². The Bertz CT molecular complexity index is 920. The number of carbonyl (C=O) groups is 6. The minimum absolute atomic E-state index is 0.0456. The van der Waals surface area contributed by atoms with E-state index in [1.165, 1.54) is 12.1 Å². The lowest BCUT2D eigenvalue weighted by molar-refractivity contribution is -0.144. The number of aliphatic carboxylic acids is 2. The minimum atomic E-state index is -1.67. The molecule has 34 heavy (non-hydrogen) atoms. The fourth-order valence-corrected chi connectivity index (χ4v) is 2.73. The number of rotatable bonds is 14. The second kappa shape index (κ2) is 13.4. The fraction of sp³-hybridized carbons (Fsp3) is 0.400. The Morgan fingerprint density at radius 3 is 2.06 bits per heavy atom. The molecule has 1 aromatic carbocycles.